The summed E-state index contributed by atoms with van der Waals surface area (Å²) in [6.07, 6.45) is 9.18. The minimum atomic E-state index is 0.694. The number of hydrogen-bond acceptors (Lipinski definition) is 4. The Bertz CT molecular complexity index is 197. The molecule has 4 nitrogen and oxygen atoms in total. The lowest BCUT2D eigenvalue weighted by molar-refractivity contribution is 0.0605. The van der Waals surface area contributed by atoms with Crippen molar-refractivity contribution >= 4 is 0 Å². The van der Waals surface area contributed by atoms with Crippen molar-refractivity contribution in [3.05, 3.63) is 0 Å². The molecule has 1 fully saturated rings. The summed E-state index contributed by atoms with van der Waals surface area (Å²) >= 11 is 0. The van der Waals surface area contributed by atoms with Gasteiger partial charge in [0.2, 0.25) is 0 Å². The highest BCUT2D eigenvalue weighted by atomic mass is 16.5. The van der Waals surface area contributed by atoms with E-state index in [1.165, 1.54) is 32.1 Å². The minimum Gasteiger partial charge on any atom is -0.382 e. The fraction of sp³-hybridized carbons (Fsp3) is 1.00. The van der Waals surface area contributed by atoms with E-state index in [4.69, 9.17) is 15.2 Å². The van der Waals surface area contributed by atoms with Crippen LogP contribution in [0.4, 0.5) is 0 Å². The average molecular weight is 272 g/mol. The molecule has 0 saturated heterocycles. The Morgan fingerprint density at radius 1 is 1.00 bits per heavy atom. The molecule has 0 heterocycles. The molecule has 0 aromatic heterocycles. The van der Waals surface area contributed by atoms with Crippen LogP contribution in [0.1, 0.15) is 44.9 Å². The average Bonchev–Trinajstić information content (AvgIpc) is 2.46. The first-order valence-corrected chi connectivity index (χ1v) is 7.89. The van der Waals surface area contributed by atoms with E-state index in [0.717, 1.165) is 45.1 Å². The summed E-state index contributed by atoms with van der Waals surface area (Å²) in [5, 5.41) is 0. The third-order valence-corrected chi connectivity index (χ3v) is 3.91. The second kappa shape index (κ2) is 11.6. The highest BCUT2D eigenvalue weighted by molar-refractivity contribution is 4.76. The van der Waals surface area contributed by atoms with Crippen molar-refractivity contribution in [3.63, 3.8) is 0 Å². The van der Waals surface area contributed by atoms with Crippen LogP contribution in [0.2, 0.25) is 0 Å². The molecule has 0 atom stereocenters. The van der Waals surface area contributed by atoms with Crippen molar-refractivity contribution in [1.29, 1.82) is 0 Å². The van der Waals surface area contributed by atoms with Crippen molar-refractivity contribution in [3.8, 4) is 0 Å². The molecule has 1 saturated carbocycles. The zero-order chi connectivity index (χ0) is 13.8. The SMILES string of the molecule is COCCOCCCN(CCCN)C1CCCCC1. The molecule has 0 bridgehead atoms. The van der Waals surface area contributed by atoms with E-state index in [9.17, 15) is 0 Å². The first kappa shape index (κ1) is 16.9. The summed E-state index contributed by atoms with van der Waals surface area (Å²) in [6, 6.07) is 0.791. The molecule has 0 amide bonds. The second-order valence-electron chi connectivity index (χ2n) is 5.43. The van der Waals surface area contributed by atoms with Gasteiger partial charge in [0.1, 0.15) is 0 Å². The molecule has 1 aliphatic carbocycles. The highest BCUT2D eigenvalue weighted by Gasteiger charge is 2.20. The van der Waals surface area contributed by atoms with Crippen LogP contribution in [-0.4, -0.2) is 57.5 Å². The van der Waals surface area contributed by atoms with Gasteiger partial charge in [0, 0.05) is 26.3 Å². The standard InChI is InChI=1S/C15H32N2O2/c1-18-13-14-19-12-6-11-17(10-5-9-16)15-7-3-2-4-8-15/h15H,2-14,16H2,1H3. The molecular weight excluding hydrogens is 240 g/mol. The highest BCUT2D eigenvalue weighted by Crippen LogP contribution is 2.22. The molecule has 1 rings (SSSR count). The van der Waals surface area contributed by atoms with Gasteiger partial charge in [-0.2, -0.15) is 0 Å². The predicted molar refractivity (Wildman–Crippen MR) is 79.4 cm³/mol. The van der Waals surface area contributed by atoms with E-state index in [-0.39, 0.29) is 0 Å². The van der Waals surface area contributed by atoms with E-state index in [1.807, 2.05) is 0 Å². The van der Waals surface area contributed by atoms with Crippen LogP contribution in [0.3, 0.4) is 0 Å². The molecule has 2 N–H and O–H groups in total. The zero-order valence-electron chi connectivity index (χ0n) is 12.6. The van der Waals surface area contributed by atoms with E-state index in [2.05, 4.69) is 4.90 Å². The fourth-order valence-electron chi connectivity index (χ4n) is 2.83. The molecule has 1 aliphatic rings. The number of rotatable bonds is 11. The summed E-state index contributed by atoms with van der Waals surface area (Å²) in [5.41, 5.74) is 5.65. The van der Waals surface area contributed by atoms with Crippen molar-refractivity contribution in [2.45, 2.75) is 51.0 Å². The first-order chi connectivity index (χ1) is 9.38. The van der Waals surface area contributed by atoms with Gasteiger partial charge in [-0.25, -0.2) is 0 Å². The molecule has 0 aliphatic heterocycles. The van der Waals surface area contributed by atoms with Crippen molar-refractivity contribution < 1.29 is 9.47 Å². The van der Waals surface area contributed by atoms with E-state index >= 15 is 0 Å². The summed E-state index contributed by atoms with van der Waals surface area (Å²) in [6.45, 7) is 5.35. The molecule has 0 unspecified atom stereocenters. The fourth-order valence-corrected chi connectivity index (χ4v) is 2.83. The maximum absolute atomic E-state index is 5.65. The molecule has 0 radical (unpaired) electrons. The van der Waals surface area contributed by atoms with Gasteiger partial charge in [0.25, 0.3) is 0 Å². The Hall–Kier alpha value is -0.160. The Morgan fingerprint density at radius 2 is 1.74 bits per heavy atom. The Morgan fingerprint density at radius 3 is 2.42 bits per heavy atom. The Kier molecular flexibility index (Phi) is 10.4. The minimum absolute atomic E-state index is 0.694. The van der Waals surface area contributed by atoms with Gasteiger partial charge in [0.05, 0.1) is 13.2 Å². The van der Waals surface area contributed by atoms with Crippen LogP contribution in [-0.2, 0) is 9.47 Å². The molecule has 4 heteroatoms. The molecule has 0 aromatic carbocycles. The van der Waals surface area contributed by atoms with E-state index in [1.54, 1.807) is 7.11 Å². The van der Waals surface area contributed by atoms with Crippen LogP contribution < -0.4 is 5.73 Å². The summed E-state index contributed by atoms with van der Waals surface area (Å²) in [5.74, 6) is 0. The lowest BCUT2D eigenvalue weighted by atomic mass is 9.94. The van der Waals surface area contributed by atoms with Crippen LogP contribution >= 0.6 is 0 Å². The molecule has 0 spiro atoms. The van der Waals surface area contributed by atoms with Gasteiger partial charge >= 0.3 is 0 Å². The second-order valence-corrected chi connectivity index (χ2v) is 5.43. The monoisotopic (exact) mass is 272 g/mol. The number of nitrogens with two attached hydrogens (primary N) is 1. The van der Waals surface area contributed by atoms with Gasteiger partial charge < -0.3 is 20.1 Å². The summed E-state index contributed by atoms with van der Waals surface area (Å²) in [7, 11) is 1.71. The Balaban J connectivity index is 2.16. The maximum Gasteiger partial charge on any atom is 0.0700 e. The van der Waals surface area contributed by atoms with Gasteiger partial charge in [0.15, 0.2) is 0 Å². The lowest BCUT2D eigenvalue weighted by Gasteiger charge is -2.34. The number of ether oxygens (including phenoxy) is 2. The van der Waals surface area contributed by atoms with Crippen LogP contribution in [0.15, 0.2) is 0 Å². The van der Waals surface area contributed by atoms with Gasteiger partial charge in [-0.1, -0.05) is 19.3 Å². The quantitative estimate of drug-likeness (QED) is 0.585. The lowest BCUT2D eigenvalue weighted by Crippen LogP contribution is -2.39. The van der Waals surface area contributed by atoms with Crippen molar-refractivity contribution in [2.75, 3.05) is 46.6 Å². The van der Waals surface area contributed by atoms with Gasteiger partial charge in [-0.05, 0) is 38.8 Å². The van der Waals surface area contributed by atoms with Crippen molar-refractivity contribution in [1.82, 2.24) is 4.90 Å². The predicted octanol–water partition coefficient (Wildman–Crippen LogP) is 2.02. The largest absolute Gasteiger partial charge is 0.382 e. The molecule has 0 aromatic rings. The van der Waals surface area contributed by atoms with Gasteiger partial charge in [-0.15, -0.1) is 0 Å². The number of hydrogen-bond donors (Lipinski definition) is 1. The van der Waals surface area contributed by atoms with Crippen LogP contribution in [0.5, 0.6) is 0 Å². The smallest absolute Gasteiger partial charge is 0.0700 e. The normalized spacial score (nSPS) is 17.2. The molecule has 114 valence electrons. The van der Waals surface area contributed by atoms with E-state index < -0.39 is 0 Å². The number of methoxy groups -OCH3 is 1. The third kappa shape index (κ3) is 7.88. The van der Waals surface area contributed by atoms with E-state index in [0.29, 0.717) is 13.2 Å². The van der Waals surface area contributed by atoms with Crippen molar-refractivity contribution in [2.24, 2.45) is 5.73 Å². The van der Waals surface area contributed by atoms with Gasteiger partial charge in [-0.3, -0.25) is 0 Å². The Labute approximate surface area is 118 Å². The summed E-state index contributed by atoms with van der Waals surface area (Å²) in [4.78, 5) is 2.64. The topological polar surface area (TPSA) is 47.7 Å². The molecular formula is C15H32N2O2. The summed E-state index contributed by atoms with van der Waals surface area (Å²) < 4.78 is 10.5. The van der Waals surface area contributed by atoms with Crippen LogP contribution in [0.25, 0.3) is 0 Å². The zero-order valence-corrected chi connectivity index (χ0v) is 12.6. The third-order valence-electron chi connectivity index (χ3n) is 3.91. The molecule has 19 heavy (non-hydrogen) atoms. The maximum atomic E-state index is 5.65. The van der Waals surface area contributed by atoms with Crippen LogP contribution in [0, 0.1) is 0 Å². The number of nitrogens with zero attached hydrogens (tertiary/aromatic N) is 1. The first-order valence-electron chi connectivity index (χ1n) is 7.89.